The second kappa shape index (κ2) is 7.51. The van der Waals surface area contributed by atoms with Crippen molar-refractivity contribution in [1.29, 1.82) is 0 Å². The molecule has 2 rings (SSSR count). The summed E-state index contributed by atoms with van der Waals surface area (Å²) >= 11 is 1.99. The number of benzene rings is 1. The summed E-state index contributed by atoms with van der Waals surface area (Å²) in [6.45, 7) is 6.46. The van der Waals surface area contributed by atoms with Crippen LogP contribution in [0.25, 0.3) is 0 Å². The molecular weight excluding hydrogens is 264 g/mol. The molecule has 0 amide bonds. The predicted octanol–water partition coefficient (Wildman–Crippen LogP) is 4.58. The van der Waals surface area contributed by atoms with Gasteiger partial charge in [-0.3, -0.25) is 0 Å². The Bertz CT molecular complexity index is 412. The zero-order valence-corrected chi connectivity index (χ0v) is 13.9. The Morgan fingerprint density at radius 3 is 2.30 bits per heavy atom. The summed E-state index contributed by atoms with van der Waals surface area (Å²) in [6.07, 6.45) is 7.45. The van der Waals surface area contributed by atoms with E-state index in [0.29, 0.717) is 0 Å². The average Bonchev–Trinajstić information content (AvgIpc) is 2.42. The van der Waals surface area contributed by atoms with Crippen molar-refractivity contribution in [3.05, 3.63) is 34.4 Å². The van der Waals surface area contributed by atoms with Crippen LogP contribution in [0.5, 0.6) is 0 Å². The molecule has 1 fully saturated rings. The third-order valence-corrected chi connectivity index (χ3v) is 5.88. The lowest BCUT2D eigenvalue weighted by atomic mass is 9.96. The Kier molecular flexibility index (Phi) is 5.98. The minimum Gasteiger partial charge on any atom is -0.392 e. The largest absolute Gasteiger partial charge is 0.392 e. The number of aryl methyl sites for hydroxylation is 3. The maximum Gasteiger partial charge on any atom is 0.0671 e. The smallest absolute Gasteiger partial charge is 0.0671 e. The molecule has 0 aromatic heterocycles. The molecular formula is C18H28OS. The first-order valence-corrected chi connectivity index (χ1v) is 8.97. The summed E-state index contributed by atoms with van der Waals surface area (Å²) in [6, 6.07) is 4.45. The van der Waals surface area contributed by atoms with E-state index in [9.17, 15) is 5.11 Å². The van der Waals surface area contributed by atoms with Gasteiger partial charge in [0.15, 0.2) is 0 Å². The monoisotopic (exact) mass is 292 g/mol. The number of rotatable bonds is 5. The SMILES string of the molecule is Cc1cc(C)c(CC(O)CSC2CCCCC2)c(C)c1. The Balaban J connectivity index is 1.86. The van der Waals surface area contributed by atoms with E-state index < -0.39 is 0 Å². The van der Waals surface area contributed by atoms with Gasteiger partial charge >= 0.3 is 0 Å². The van der Waals surface area contributed by atoms with Gasteiger partial charge in [0.05, 0.1) is 6.10 Å². The minimum atomic E-state index is -0.206. The molecule has 0 saturated heterocycles. The highest BCUT2D eigenvalue weighted by Gasteiger charge is 2.16. The van der Waals surface area contributed by atoms with E-state index in [1.54, 1.807) is 0 Å². The van der Waals surface area contributed by atoms with E-state index in [1.165, 1.54) is 54.4 Å². The van der Waals surface area contributed by atoms with Crippen molar-refractivity contribution >= 4 is 11.8 Å². The van der Waals surface area contributed by atoms with Gasteiger partial charge in [-0.05, 0) is 56.7 Å². The van der Waals surface area contributed by atoms with E-state index in [-0.39, 0.29) is 6.10 Å². The van der Waals surface area contributed by atoms with Crippen LogP contribution in [0.1, 0.15) is 54.4 Å². The highest BCUT2D eigenvalue weighted by atomic mass is 32.2. The van der Waals surface area contributed by atoms with Gasteiger partial charge in [0, 0.05) is 11.0 Å². The fraction of sp³-hybridized carbons (Fsp3) is 0.667. The predicted molar refractivity (Wildman–Crippen MR) is 89.7 cm³/mol. The fourth-order valence-corrected chi connectivity index (χ4v) is 4.58. The molecule has 1 aromatic carbocycles. The van der Waals surface area contributed by atoms with Gasteiger partial charge in [0.1, 0.15) is 0 Å². The lowest BCUT2D eigenvalue weighted by Crippen LogP contribution is -2.18. The normalized spacial score (nSPS) is 18.2. The van der Waals surface area contributed by atoms with Crippen molar-refractivity contribution in [1.82, 2.24) is 0 Å². The third-order valence-electron chi connectivity index (χ3n) is 4.36. The summed E-state index contributed by atoms with van der Waals surface area (Å²) < 4.78 is 0. The highest BCUT2D eigenvalue weighted by molar-refractivity contribution is 7.99. The van der Waals surface area contributed by atoms with Crippen molar-refractivity contribution in [3.63, 3.8) is 0 Å². The van der Waals surface area contributed by atoms with E-state index in [4.69, 9.17) is 0 Å². The van der Waals surface area contributed by atoms with Crippen LogP contribution in [0.4, 0.5) is 0 Å². The molecule has 1 aliphatic carbocycles. The number of hydrogen-bond acceptors (Lipinski definition) is 2. The van der Waals surface area contributed by atoms with Crippen LogP contribution >= 0.6 is 11.8 Å². The van der Waals surface area contributed by atoms with Crippen LogP contribution in [-0.4, -0.2) is 22.2 Å². The van der Waals surface area contributed by atoms with Crippen molar-refractivity contribution in [3.8, 4) is 0 Å². The first-order valence-electron chi connectivity index (χ1n) is 7.92. The van der Waals surface area contributed by atoms with Crippen LogP contribution in [0.3, 0.4) is 0 Å². The molecule has 0 aliphatic heterocycles. The molecule has 1 nitrogen and oxygen atoms in total. The van der Waals surface area contributed by atoms with Gasteiger partial charge < -0.3 is 5.11 Å². The first kappa shape index (κ1) is 15.9. The van der Waals surface area contributed by atoms with Gasteiger partial charge in [0.2, 0.25) is 0 Å². The molecule has 0 spiro atoms. The molecule has 0 bridgehead atoms. The average molecular weight is 292 g/mol. The molecule has 1 unspecified atom stereocenters. The Hall–Kier alpha value is -0.470. The van der Waals surface area contributed by atoms with Gasteiger partial charge in [-0.15, -0.1) is 0 Å². The minimum absolute atomic E-state index is 0.206. The lowest BCUT2D eigenvalue weighted by Gasteiger charge is -2.23. The molecule has 1 saturated carbocycles. The molecule has 1 N–H and O–H groups in total. The zero-order chi connectivity index (χ0) is 14.5. The Morgan fingerprint density at radius 2 is 1.70 bits per heavy atom. The van der Waals surface area contributed by atoms with Crippen LogP contribution in [0.15, 0.2) is 12.1 Å². The zero-order valence-electron chi connectivity index (χ0n) is 13.1. The van der Waals surface area contributed by atoms with Gasteiger partial charge in [-0.2, -0.15) is 11.8 Å². The van der Waals surface area contributed by atoms with Gasteiger partial charge in [-0.25, -0.2) is 0 Å². The topological polar surface area (TPSA) is 20.2 Å². The van der Waals surface area contributed by atoms with E-state index in [1.807, 2.05) is 11.8 Å². The quantitative estimate of drug-likeness (QED) is 0.857. The second-order valence-electron chi connectivity index (χ2n) is 6.33. The molecule has 20 heavy (non-hydrogen) atoms. The third kappa shape index (κ3) is 4.53. The molecule has 0 radical (unpaired) electrons. The number of aliphatic hydroxyl groups excluding tert-OH is 1. The van der Waals surface area contributed by atoms with E-state index >= 15 is 0 Å². The number of aliphatic hydroxyl groups is 1. The molecule has 1 aliphatic rings. The molecule has 2 heteroatoms. The summed E-state index contributed by atoms with van der Waals surface area (Å²) in [5, 5.41) is 11.1. The molecule has 1 atom stereocenters. The van der Waals surface area contributed by atoms with Gasteiger partial charge in [0.25, 0.3) is 0 Å². The van der Waals surface area contributed by atoms with Gasteiger partial charge in [-0.1, -0.05) is 37.0 Å². The van der Waals surface area contributed by atoms with Crippen molar-refractivity contribution < 1.29 is 5.11 Å². The molecule has 112 valence electrons. The standard InChI is InChI=1S/C18H28OS/c1-13-9-14(2)18(15(3)10-13)11-16(19)12-20-17-7-5-4-6-8-17/h9-10,16-17,19H,4-8,11-12H2,1-3H3. The maximum atomic E-state index is 10.3. The fourth-order valence-electron chi connectivity index (χ4n) is 3.31. The summed E-state index contributed by atoms with van der Waals surface area (Å²) in [7, 11) is 0. The van der Waals surface area contributed by atoms with E-state index in [0.717, 1.165) is 17.4 Å². The lowest BCUT2D eigenvalue weighted by molar-refractivity contribution is 0.199. The second-order valence-corrected chi connectivity index (χ2v) is 7.66. The number of hydrogen-bond donors (Lipinski definition) is 1. The van der Waals surface area contributed by atoms with Crippen LogP contribution in [0, 0.1) is 20.8 Å². The summed E-state index contributed by atoms with van der Waals surface area (Å²) in [5.41, 5.74) is 5.30. The van der Waals surface area contributed by atoms with Crippen molar-refractivity contribution in [2.75, 3.05) is 5.75 Å². The highest BCUT2D eigenvalue weighted by Crippen LogP contribution is 2.29. The molecule has 0 heterocycles. The Morgan fingerprint density at radius 1 is 1.10 bits per heavy atom. The first-order chi connectivity index (χ1) is 9.56. The maximum absolute atomic E-state index is 10.3. The van der Waals surface area contributed by atoms with Crippen LogP contribution < -0.4 is 0 Å². The van der Waals surface area contributed by atoms with E-state index in [2.05, 4.69) is 32.9 Å². The number of thioether (sulfide) groups is 1. The van der Waals surface area contributed by atoms with Crippen molar-refractivity contribution in [2.24, 2.45) is 0 Å². The summed E-state index contributed by atoms with van der Waals surface area (Å²) in [4.78, 5) is 0. The summed E-state index contributed by atoms with van der Waals surface area (Å²) in [5.74, 6) is 0.886. The van der Waals surface area contributed by atoms with Crippen LogP contribution in [-0.2, 0) is 6.42 Å². The molecule has 1 aromatic rings. The van der Waals surface area contributed by atoms with Crippen molar-refractivity contribution in [2.45, 2.75) is 70.7 Å². The van der Waals surface area contributed by atoms with Crippen LogP contribution in [0.2, 0.25) is 0 Å². The Labute approximate surface area is 128 Å².